The summed E-state index contributed by atoms with van der Waals surface area (Å²) in [6.45, 7) is 1.69. The maximum atomic E-state index is 13.1. The number of primary amides is 1. The number of nitrogens with one attached hydrogen (secondary N) is 1. The highest BCUT2D eigenvalue weighted by Crippen LogP contribution is 2.33. The molecule has 1 unspecified atom stereocenters. The fraction of sp³-hybridized carbons (Fsp3) is 0.238. The first-order valence-corrected chi connectivity index (χ1v) is 9.45. The van der Waals surface area contributed by atoms with Crippen molar-refractivity contribution in [3.8, 4) is 22.8 Å². The van der Waals surface area contributed by atoms with Gasteiger partial charge in [0.25, 0.3) is 5.91 Å². The average molecular weight is 395 g/mol. The van der Waals surface area contributed by atoms with E-state index in [1.165, 1.54) is 12.1 Å². The molecule has 2 heterocycles. The Morgan fingerprint density at radius 3 is 2.69 bits per heavy atom. The number of nitrogens with zero attached hydrogens (tertiary/aromatic N) is 2. The van der Waals surface area contributed by atoms with E-state index in [0.717, 1.165) is 25.9 Å². The number of anilines is 1. The highest BCUT2D eigenvalue weighted by atomic mass is 19.1. The SMILES string of the molecule is NC(=O)c1c(-c2cccc(Oc3ccc(F)cc3)c2)nn(C2CCCNC2)c1N. The zero-order chi connectivity index (χ0) is 20.4. The highest BCUT2D eigenvalue weighted by Gasteiger charge is 2.26. The van der Waals surface area contributed by atoms with Gasteiger partial charge in [-0.2, -0.15) is 5.10 Å². The van der Waals surface area contributed by atoms with Gasteiger partial charge < -0.3 is 21.5 Å². The number of nitrogen functional groups attached to an aromatic ring is 1. The molecule has 0 bridgehead atoms. The Labute approximate surface area is 167 Å². The van der Waals surface area contributed by atoms with Crippen molar-refractivity contribution in [3.63, 3.8) is 0 Å². The minimum absolute atomic E-state index is 0.0641. The third kappa shape index (κ3) is 3.93. The Hall–Kier alpha value is -3.39. The third-order valence-electron chi connectivity index (χ3n) is 4.97. The lowest BCUT2D eigenvalue weighted by Gasteiger charge is -2.23. The maximum Gasteiger partial charge on any atom is 0.254 e. The van der Waals surface area contributed by atoms with Crippen LogP contribution in [0.3, 0.4) is 0 Å². The number of ether oxygens (including phenoxy) is 1. The number of carbonyl (C=O) groups is 1. The van der Waals surface area contributed by atoms with E-state index in [1.807, 2.05) is 6.07 Å². The summed E-state index contributed by atoms with van der Waals surface area (Å²) in [6, 6.07) is 12.9. The standard InChI is InChI=1S/C21H22FN5O2/c22-14-6-8-16(9-7-14)29-17-5-1-3-13(11-17)19-18(21(24)28)20(23)27(26-19)15-4-2-10-25-12-15/h1,3,5-9,11,15,25H,2,4,10,12,23H2,(H2,24,28). The molecule has 3 aromatic rings. The van der Waals surface area contributed by atoms with Crippen LogP contribution in [0.2, 0.25) is 0 Å². The normalized spacial score (nSPS) is 16.5. The maximum absolute atomic E-state index is 13.1. The number of nitrogens with two attached hydrogens (primary N) is 2. The topological polar surface area (TPSA) is 108 Å². The Bertz CT molecular complexity index is 1030. The van der Waals surface area contributed by atoms with E-state index in [0.29, 0.717) is 22.8 Å². The minimum Gasteiger partial charge on any atom is -0.457 e. The quantitative estimate of drug-likeness (QED) is 0.615. The van der Waals surface area contributed by atoms with Crippen LogP contribution in [-0.2, 0) is 0 Å². The molecule has 4 rings (SSSR count). The Morgan fingerprint density at radius 2 is 2.00 bits per heavy atom. The van der Waals surface area contributed by atoms with Gasteiger partial charge in [0.15, 0.2) is 0 Å². The molecule has 0 spiro atoms. The largest absolute Gasteiger partial charge is 0.457 e. The predicted octanol–water partition coefficient (Wildman–Crippen LogP) is 3.09. The van der Waals surface area contributed by atoms with Crippen molar-refractivity contribution in [1.82, 2.24) is 15.1 Å². The molecule has 0 aliphatic carbocycles. The molecule has 1 aromatic heterocycles. The van der Waals surface area contributed by atoms with Crippen molar-refractivity contribution in [3.05, 3.63) is 59.9 Å². The first-order chi connectivity index (χ1) is 14.0. The van der Waals surface area contributed by atoms with Crippen LogP contribution in [0.25, 0.3) is 11.3 Å². The molecule has 2 aromatic carbocycles. The number of hydrogen-bond donors (Lipinski definition) is 3. The fourth-order valence-corrected chi connectivity index (χ4v) is 3.56. The monoisotopic (exact) mass is 395 g/mol. The Morgan fingerprint density at radius 1 is 1.21 bits per heavy atom. The molecular weight excluding hydrogens is 373 g/mol. The van der Waals surface area contributed by atoms with E-state index < -0.39 is 5.91 Å². The average Bonchev–Trinajstić information content (AvgIpc) is 3.08. The smallest absolute Gasteiger partial charge is 0.254 e. The van der Waals surface area contributed by atoms with E-state index in [9.17, 15) is 9.18 Å². The summed E-state index contributed by atoms with van der Waals surface area (Å²) in [4.78, 5) is 12.1. The van der Waals surface area contributed by atoms with Crippen molar-refractivity contribution in [2.24, 2.45) is 5.73 Å². The highest BCUT2D eigenvalue weighted by molar-refractivity contribution is 6.03. The number of aromatic nitrogens is 2. The van der Waals surface area contributed by atoms with E-state index in [1.54, 1.807) is 35.0 Å². The van der Waals surface area contributed by atoms with E-state index in [4.69, 9.17) is 16.2 Å². The van der Waals surface area contributed by atoms with Crippen LogP contribution in [0.4, 0.5) is 10.2 Å². The number of amides is 1. The summed E-state index contributed by atoms with van der Waals surface area (Å²) in [5.74, 6) is 0.327. The zero-order valence-electron chi connectivity index (χ0n) is 15.8. The van der Waals surface area contributed by atoms with E-state index >= 15 is 0 Å². The van der Waals surface area contributed by atoms with Crippen molar-refractivity contribution < 1.29 is 13.9 Å². The van der Waals surface area contributed by atoms with Crippen LogP contribution in [-0.4, -0.2) is 28.8 Å². The Balaban J connectivity index is 1.70. The number of hydrogen-bond acceptors (Lipinski definition) is 5. The van der Waals surface area contributed by atoms with Crippen molar-refractivity contribution in [1.29, 1.82) is 0 Å². The molecule has 29 heavy (non-hydrogen) atoms. The molecule has 1 aliphatic rings. The van der Waals surface area contributed by atoms with E-state index in [-0.39, 0.29) is 23.2 Å². The molecule has 8 heteroatoms. The van der Waals surface area contributed by atoms with Crippen LogP contribution in [0.5, 0.6) is 11.5 Å². The lowest BCUT2D eigenvalue weighted by Crippen LogP contribution is -2.32. The van der Waals surface area contributed by atoms with Crippen LogP contribution < -0.4 is 21.5 Å². The van der Waals surface area contributed by atoms with Gasteiger partial charge in [-0.1, -0.05) is 12.1 Å². The van der Waals surface area contributed by atoms with Gasteiger partial charge in [-0.05, 0) is 55.8 Å². The van der Waals surface area contributed by atoms with Crippen LogP contribution in [0, 0.1) is 5.82 Å². The first kappa shape index (κ1) is 18.9. The van der Waals surface area contributed by atoms with Crippen LogP contribution in [0.15, 0.2) is 48.5 Å². The zero-order valence-corrected chi connectivity index (χ0v) is 15.8. The fourth-order valence-electron chi connectivity index (χ4n) is 3.56. The van der Waals surface area contributed by atoms with Gasteiger partial charge in [0.05, 0.1) is 6.04 Å². The number of carbonyl (C=O) groups excluding carboxylic acids is 1. The van der Waals surface area contributed by atoms with Crippen molar-refractivity contribution >= 4 is 11.7 Å². The van der Waals surface area contributed by atoms with Crippen molar-refractivity contribution in [2.45, 2.75) is 18.9 Å². The first-order valence-electron chi connectivity index (χ1n) is 9.45. The van der Waals surface area contributed by atoms with Gasteiger partial charge in [0, 0.05) is 12.1 Å². The second-order valence-corrected chi connectivity index (χ2v) is 7.00. The summed E-state index contributed by atoms with van der Waals surface area (Å²) in [5, 5.41) is 7.95. The second kappa shape index (κ2) is 7.92. The molecule has 1 amide bonds. The number of piperidine rings is 1. The lowest BCUT2D eigenvalue weighted by molar-refractivity contribution is 0.100. The van der Waals surface area contributed by atoms with Gasteiger partial charge in [-0.3, -0.25) is 4.79 Å². The molecule has 7 nitrogen and oxygen atoms in total. The molecule has 1 fully saturated rings. The summed E-state index contributed by atoms with van der Waals surface area (Å²) in [5.41, 5.74) is 13.2. The number of rotatable bonds is 5. The van der Waals surface area contributed by atoms with Crippen LogP contribution >= 0.6 is 0 Å². The van der Waals surface area contributed by atoms with E-state index in [2.05, 4.69) is 10.4 Å². The molecule has 1 atom stereocenters. The van der Waals surface area contributed by atoms with Crippen LogP contribution in [0.1, 0.15) is 29.2 Å². The second-order valence-electron chi connectivity index (χ2n) is 7.00. The third-order valence-corrected chi connectivity index (χ3v) is 4.97. The number of benzene rings is 2. The molecule has 1 aliphatic heterocycles. The molecular formula is C21H22FN5O2. The predicted molar refractivity (Wildman–Crippen MR) is 108 cm³/mol. The lowest BCUT2D eigenvalue weighted by atomic mass is 10.1. The number of halogens is 1. The van der Waals surface area contributed by atoms with Gasteiger partial charge in [0.2, 0.25) is 0 Å². The summed E-state index contributed by atoms with van der Waals surface area (Å²) < 4.78 is 20.6. The molecule has 1 saturated heterocycles. The molecule has 150 valence electrons. The summed E-state index contributed by atoms with van der Waals surface area (Å²) in [7, 11) is 0. The van der Waals surface area contributed by atoms with Gasteiger partial charge in [0.1, 0.15) is 34.4 Å². The minimum atomic E-state index is -0.627. The van der Waals surface area contributed by atoms with Gasteiger partial charge in [-0.15, -0.1) is 0 Å². The molecule has 0 radical (unpaired) electrons. The molecule has 5 N–H and O–H groups in total. The van der Waals surface area contributed by atoms with Crippen molar-refractivity contribution in [2.75, 3.05) is 18.8 Å². The summed E-state index contributed by atoms with van der Waals surface area (Å²) in [6.07, 6.45) is 1.93. The summed E-state index contributed by atoms with van der Waals surface area (Å²) >= 11 is 0. The molecule has 0 saturated carbocycles. The van der Waals surface area contributed by atoms with Gasteiger partial charge in [-0.25, -0.2) is 9.07 Å². The van der Waals surface area contributed by atoms with Gasteiger partial charge >= 0.3 is 0 Å². The Kier molecular flexibility index (Phi) is 5.18.